The number of aliphatic hydroxyl groups is 1. The number of nitriles is 1. The molecule has 1 aromatic rings. The lowest BCUT2D eigenvalue weighted by molar-refractivity contribution is 0.191. The molecule has 0 aliphatic rings. The van der Waals surface area contributed by atoms with Gasteiger partial charge in [0.25, 0.3) is 0 Å². The monoisotopic (exact) mass is 268 g/mol. The van der Waals surface area contributed by atoms with Gasteiger partial charge in [-0.2, -0.15) is 5.26 Å². The average molecular weight is 268 g/mol. The third-order valence-corrected chi connectivity index (χ3v) is 4.42. The van der Waals surface area contributed by atoms with Crippen LogP contribution in [0, 0.1) is 11.3 Å². The van der Waals surface area contributed by atoms with Crippen LogP contribution >= 0.6 is 0 Å². The minimum absolute atomic E-state index is 0.0228. The molecule has 1 aromatic carbocycles. The Kier molecular flexibility index (Phi) is 4.46. The van der Waals surface area contributed by atoms with Gasteiger partial charge in [0.1, 0.15) is 0 Å². The van der Waals surface area contributed by atoms with Gasteiger partial charge in [-0.1, -0.05) is 13.0 Å². The fourth-order valence-corrected chi connectivity index (χ4v) is 2.85. The van der Waals surface area contributed by atoms with Gasteiger partial charge < -0.3 is 5.11 Å². The van der Waals surface area contributed by atoms with Crippen LogP contribution in [0.3, 0.4) is 0 Å². The number of nitrogens with one attached hydrogen (secondary N) is 1. The van der Waals surface area contributed by atoms with E-state index in [1.807, 2.05) is 6.07 Å². The van der Waals surface area contributed by atoms with Crippen LogP contribution in [0.5, 0.6) is 0 Å². The van der Waals surface area contributed by atoms with E-state index in [1.165, 1.54) is 24.3 Å². The molecule has 0 amide bonds. The van der Waals surface area contributed by atoms with Crippen molar-refractivity contribution in [2.45, 2.75) is 30.7 Å². The summed E-state index contributed by atoms with van der Waals surface area (Å²) in [5.41, 5.74) is -0.623. The second kappa shape index (κ2) is 5.48. The molecule has 0 saturated heterocycles. The second-order valence-corrected chi connectivity index (χ2v) is 6.00. The standard InChI is InChI=1S/C12H16N2O3S/c1-3-12(2,9-15)14-18(16,17)11-6-4-5-10(7-11)8-13/h4-7,14-15H,3,9H2,1-2H3. The van der Waals surface area contributed by atoms with E-state index in [4.69, 9.17) is 5.26 Å². The normalized spacial score (nSPS) is 14.8. The summed E-state index contributed by atoms with van der Waals surface area (Å²) in [4.78, 5) is 0.0228. The number of hydrogen-bond donors (Lipinski definition) is 2. The first-order chi connectivity index (χ1) is 8.37. The van der Waals surface area contributed by atoms with E-state index >= 15 is 0 Å². The van der Waals surface area contributed by atoms with Crippen molar-refractivity contribution in [3.05, 3.63) is 29.8 Å². The summed E-state index contributed by atoms with van der Waals surface area (Å²) in [6.07, 6.45) is 0.459. The summed E-state index contributed by atoms with van der Waals surface area (Å²) in [7, 11) is -3.74. The van der Waals surface area contributed by atoms with Gasteiger partial charge in [0, 0.05) is 0 Å². The molecule has 1 atom stereocenters. The minimum atomic E-state index is -3.74. The summed E-state index contributed by atoms with van der Waals surface area (Å²) < 4.78 is 26.7. The Bertz CT molecular complexity index is 557. The third-order valence-electron chi connectivity index (χ3n) is 2.78. The van der Waals surface area contributed by atoms with Crippen molar-refractivity contribution in [2.24, 2.45) is 0 Å². The van der Waals surface area contributed by atoms with E-state index in [0.717, 1.165) is 0 Å². The van der Waals surface area contributed by atoms with Gasteiger partial charge >= 0.3 is 0 Å². The van der Waals surface area contributed by atoms with Crippen molar-refractivity contribution in [2.75, 3.05) is 6.61 Å². The van der Waals surface area contributed by atoms with Crippen LogP contribution in [0.15, 0.2) is 29.2 Å². The largest absolute Gasteiger partial charge is 0.394 e. The van der Waals surface area contributed by atoms with Crippen LogP contribution in [-0.2, 0) is 10.0 Å². The first-order valence-electron chi connectivity index (χ1n) is 5.52. The van der Waals surface area contributed by atoms with Crippen LogP contribution < -0.4 is 4.72 Å². The molecule has 0 spiro atoms. The maximum atomic E-state index is 12.1. The molecule has 0 aliphatic carbocycles. The smallest absolute Gasteiger partial charge is 0.241 e. The highest BCUT2D eigenvalue weighted by Crippen LogP contribution is 2.16. The molecule has 0 aromatic heterocycles. The number of hydrogen-bond acceptors (Lipinski definition) is 4. The first-order valence-corrected chi connectivity index (χ1v) is 7.00. The summed E-state index contributed by atoms with van der Waals surface area (Å²) in [5, 5.41) is 18.0. The Morgan fingerprint density at radius 1 is 1.50 bits per heavy atom. The first kappa shape index (κ1) is 14.6. The van der Waals surface area contributed by atoms with Crippen LogP contribution in [0.1, 0.15) is 25.8 Å². The average Bonchev–Trinajstić information content (AvgIpc) is 2.38. The Hall–Kier alpha value is -1.42. The van der Waals surface area contributed by atoms with Crippen LogP contribution in [-0.4, -0.2) is 25.7 Å². The van der Waals surface area contributed by atoms with Gasteiger partial charge in [-0.05, 0) is 31.5 Å². The van der Waals surface area contributed by atoms with E-state index in [2.05, 4.69) is 4.72 Å². The van der Waals surface area contributed by atoms with E-state index in [9.17, 15) is 13.5 Å². The molecule has 0 bridgehead atoms. The minimum Gasteiger partial charge on any atom is -0.394 e. The number of benzene rings is 1. The number of rotatable bonds is 5. The van der Waals surface area contributed by atoms with E-state index in [-0.39, 0.29) is 17.1 Å². The van der Waals surface area contributed by atoms with Crippen molar-refractivity contribution in [1.82, 2.24) is 4.72 Å². The lowest BCUT2D eigenvalue weighted by atomic mass is 10.0. The molecule has 2 N–H and O–H groups in total. The van der Waals surface area contributed by atoms with E-state index in [0.29, 0.717) is 6.42 Å². The molecular weight excluding hydrogens is 252 g/mol. The maximum absolute atomic E-state index is 12.1. The van der Waals surface area contributed by atoms with Crippen molar-refractivity contribution in [3.8, 4) is 6.07 Å². The van der Waals surface area contributed by atoms with Crippen molar-refractivity contribution in [3.63, 3.8) is 0 Å². The lowest BCUT2D eigenvalue weighted by Gasteiger charge is -2.26. The van der Waals surface area contributed by atoms with E-state index in [1.54, 1.807) is 13.8 Å². The predicted octanol–water partition coefficient (Wildman–Crippen LogP) is 0.998. The molecule has 0 heterocycles. The highest BCUT2D eigenvalue weighted by molar-refractivity contribution is 7.89. The topological polar surface area (TPSA) is 90.2 Å². The Labute approximate surface area is 107 Å². The summed E-state index contributed by atoms with van der Waals surface area (Å²) in [5.74, 6) is 0. The third kappa shape index (κ3) is 3.29. The highest BCUT2D eigenvalue weighted by Gasteiger charge is 2.28. The Morgan fingerprint density at radius 3 is 2.67 bits per heavy atom. The zero-order valence-electron chi connectivity index (χ0n) is 10.3. The summed E-state index contributed by atoms with van der Waals surface area (Å²) in [6.45, 7) is 3.11. The second-order valence-electron chi connectivity index (χ2n) is 4.32. The summed E-state index contributed by atoms with van der Waals surface area (Å²) >= 11 is 0. The zero-order valence-corrected chi connectivity index (χ0v) is 11.2. The molecule has 5 nitrogen and oxygen atoms in total. The van der Waals surface area contributed by atoms with Gasteiger partial charge in [0.2, 0.25) is 10.0 Å². The van der Waals surface area contributed by atoms with Gasteiger partial charge in [-0.25, -0.2) is 13.1 Å². The molecule has 0 aliphatic heterocycles. The number of aliphatic hydroxyl groups excluding tert-OH is 1. The van der Waals surface area contributed by atoms with Crippen LogP contribution in [0.4, 0.5) is 0 Å². The Morgan fingerprint density at radius 2 is 2.17 bits per heavy atom. The fraction of sp³-hybridized carbons (Fsp3) is 0.417. The van der Waals surface area contributed by atoms with Crippen molar-refractivity contribution >= 4 is 10.0 Å². The molecule has 0 saturated carbocycles. The SMILES string of the molecule is CCC(C)(CO)NS(=O)(=O)c1cccc(C#N)c1. The molecule has 1 unspecified atom stereocenters. The summed E-state index contributed by atoms with van der Waals surface area (Å²) in [6, 6.07) is 7.64. The van der Waals surface area contributed by atoms with Crippen LogP contribution in [0.25, 0.3) is 0 Å². The van der Waals surface area contributed by atoms with E-state index < -0.39 is 15.6 Å². The van der Waals surface area contributed by atoms with Crippen LogP contribution in [0.2, 0.25) is 0 Å². The Balaban J connectivity index is 3.11. The fourth-order valence-electron chi connectivity index (χ4n) is 1.33. The highest BCUT2D eigenvalue weighted by atomic mass is 32.2. The molecule has 0 fully saturated rings. The molecular formula is C12H16N2O3S. The number of nitrogens with zero attached hydrogens (tertiary/aromatic N) is 1. The maximum Gasteiger partial charge on any atom is 0.241 e. The van der Waals surface area contributed by atoms with Gasteiger partial charge in [0.05, 0.1) is 28.7 Å². The molecule has 98 valence electrons. The molecule has 6 heteroatoms. The molecule has 18 heavy (non-hydrogen) atoms. The molecule has 1 rings (SSSR count). The predicted molar refractivity (Wildman–Crippen MR) is 67.3 cm³/mol. The quantitative estimate of drug-likeness (QED) is 0.833. The molecule has 0 radical (unpaired) electrons. The lowest BCUT2D eigenvalue weighted by Crippen LogP contribution is -2.48. The van der Waals surface area contributed by atoms with Gasteiger partial charge in [-0.3, -0.25) is 0 Å². The van der Waals surface area contributed by atoms with Crippen molar-refractivity contribution < 1.29 is 13.5 Å². The van der Waals surface area contributed by atoms with Gasteiger partial charge in [0.15, 0.2) is 0 Å². The zero-order chi connectivity index (χ0) is 13.8. The number of sulfonamides is 1. The van der Waals surface area contributed by atoms with Gasteiger partial charge in [-0.15, -0.1) is 0 Å². The van der Waals surface area contributed by atoms with Crippen molar-refractivity contribution in [1.29, 1.82) is 5.26 Å².